The number of aromatic amines is 1. The SMILES string of the molecule is C[C@]1(Cn2cnc3c(=O)[nH]c(N)nc32)[C@@H](COCP(=O)(O)O)C1(F)F. The largest absolute Gasteiger partial charge is 0.369 e. The normalized spacial score (nSPS) is 25.4. The first-order valence-electron chi connectivity index (χ1n) is 7.16. The van der Waals surface area contributed by atoms with E-state index in [1.807, 2.05) is 0 Å². The van der Waals surface area contributed by atoms with Crippen LogP contribution in [0.3, 0.4) is 0 Å². The van der Waals surface area contributed by atoms with Crippen LogP contribution in [0.25, 0.3) is 11.2 Å². The molecular formula is C12H16F2N5O5P. The van der Waals surface area contributed by atoms with Crippen molar-refractivity contribution in [2.75, 3.05) is 18.7 Å². The summed E-state index contributed by atoms with van der Waals surface area (Å²) in [4.78, 5) is 39.2. The van der Waals surface area contributed by atoms with Crippen LogP contribution in [-0.4, -0.2) is 48.2 Å². The summed E-state index contributed by atoms with van der Waals surface area (Å²) in [6.45, 7) is 0.606. The molecule has 138 valence electrons. The molecule has 1 fully saturated rings. The molecule has 1 saturated carbocycles. The molecule has 2 atom stereocenters. The first kappa shape index (κ1) is 17.9. The minimum absolute atomic E-state index is 0.0175. The Bertz CT molecular complexity index is 924. The van der Waals surface area contributed by atoms with Crippen molar-refractivity contribution < 1.29 is 27.9 Å². The van der Waals surface area contributed by atoms with E-state index in [9.17, 15) is 18.1 Å². The summed E-state index contributed by atoms with van der Waals surface area (Å²) < 4.78 is 45.2. The molecule has 25 heavy (non-hydrogen) atoms. The molecule has 0 amide bonds. The molecule has 0 aliphatic heterocycles. The Kier molecular flexibility index (Phi) is 3.99. The van der Waals surface area contributed by atoms with E-state index in [2.05, 4.69) is 15.0 Å². The van der Waals surface area contributed by atoms with Gasteiger partial charge in [-0.3, -0.25) is 14.3 Å². The monoisotopic (exact) mass is 379 g/mol. The van der Waals surface area contributed by atoms with Crippen LogP contribution in [0.1, 0.15) is 6.92 Å². The van der Waals surface area contributed by atoms with Crippen molar-refractivity contribution in [1.82, 2.24) is 19.5 Å². The minimum Gasteiger partial charge on any atom is -0.369 e. The van der Waals surface area contributed by atoms with Crippen LogP contribution in [-0.2, 0) is 15.8 Å². The number of rotatable bonds is 6. The highest BCUT2D eigenvalue weighted by molar-refractivity contribution is 7.51. The third kappa shape index (κ3) is 3.06. The van der Waals surface area contributed by atoms with E-state index in [1.165, 1.54) is 17.8 Å². The van der Waals surface area contributed by atoms with Crippen molar-refractivity contribution in [3.05, 3.63) is 16.7 Å². The van der Waals surface area contributed by atoms with Gasteiger partial charge in [0, 0.05) is 6.54 Å². The molecule has 1 aliphatic carbocycles. The van der Waals surface area contributed by atoms with Crippen LogP contribution in [0.2, 0.25) is 0 Å². The predicted molar refractivity (Wildman–Crippen MR) is 82.0 cm³/mol. The highest BCUT2D eigenvalue weighted by Crippen LogP contribution is 2.66. The van der Waals surface area contributed by atoms with Gasteiger partial charge in [0.2, 0.25) is 5.95 Å². The van der Waals surface area contributed by atoms with Gasteiger partial charge in [0.1, 0.15) is 6.35 Å². The molecule has 0 radical (unpaired) electrons. The van der Waals surface area contributed by atoms with Gasteiger partial charge >= 0.3 is 7.60 Å². The Morgan fingerprint density at radius 2 is 2.20 bits per heavy atom. The van der Waals surface area contributed by atoms with Crippen molar-refractivity contribution in [3.63, 3.8) is 0 Å². The van der Waals surface area contributed by atoms with Crippen LogP contribution in [0.5, 0.6) is 0 Å². The summed E-state index contributed by atoms with van der Waals surface area (Å²) >= 11 is 0. The molecule has 0 bridgehead atoms. The molecule has 10 nitrogen and oxygen atoms in total. The van der Waals surface area contributed by atoms with Crippen molar-refractivity contribution in [1.29, 1.82) is 0 Å². The summed E-state index contributed by atoms with van der Waals surface area (Å²) in [5, 5.41) is 0. The maximum absolute atomic E-state index is 14.2. The zero-order valence-corrected chi connectivity index (χ0v) is 13.9. The van der Waals surface area contributed by atoms with Crippen LogP contribution < -0.4 is 11.3 Å². The molecule has 0 spiro atoms. The Labute approximate surface area is 139 Å². The summed E-state index contributed by atoms with van der Waals surface area (Å²) in [5.74, 6) is -4.50. The summed E-state index contributed by atoms with van der Waals surface area (Å²) in [6, 6.07) is 0. The van der Waals surface area contributed by atoms with Crippen LogP contribution in [0.4, 0.5) is 14.7 Å². The Morgan fingerprint density at radius 1 is 1.52 bits per heavy atom. The van der Waals surface area contributed by atoms with Gasteiger partial charge in [-0.2, -0.15) is 4.98 Å². The summed E-state index contributed by atoms with van der Waals surface area (Å²) in [5.41, 5.74) is 3.43. The lowest BCUT2D eigenvalue weighted by Gasteiger charge is -2.12. The molecular weight excluding hydrogens is 363 g/mol. The van der Waals surface area contributed by atoms with Gasteiger partial charge in [0.05, 0.1) is 24.3 Å². The molecule has 2 aromatic heterocycles. The number of nitrogens with zero attached hydrogens (tertiary/aromatic N) is 3. The van der Waals surface area contributed by atoms with Gasteiger partial charge in [-0.25, -0.2) is 13.8 Å². The number of nitrogens with one attached hydrogen (secondary N) is 1. The standard InChI is InChI=1S/C12H16F2N5O5P/c1-11(6(12(11,13)14)2-24-5-25(21,22)23)3-19-4-16-7-8(19)17-10(15)18-9(7)20/h4,6H,2-3,5H2,1H3,(H2,21,22,23)(H3,15,17,18,20)/t6-,11+/m1/s1. The average Bonchev–Trinajstić information content (AvgIpc) is 2.76. The van der Waals surface area contributed by atoms with Crippen LogP contribution in [0.15, 0.2) is 11.1 Å². The second kappa shape index (κ2) is 5.56. The topological polar surface area (TPSA) is 156 Å². The fraction of sp³-hybridized carbons (Fsp3) is 0.583. The number of anilines is 1. The number of ether oxygens (including phenoxy) is 1. The number of imidazole rings is 1. The zero-order chi connectivity index (χ0) is 18.6. The maximum Gasteiger partial charge on any atom is 0.350 e. The Balaban J connectivity index is 1.80. The number of H-pyrrole nitrogens is 1. The van der Waals surface area contributed by atoms with Crippen molar-refractivity contribution in [2.24, 2.45) is 11.3 Å². The number of nitrogen functional groups attached to an aromatic ring is 1. The van der Waals surface area contributed by atoms with Gasteiger partial charge in [-0.1, -0.05) is 6.92 Å². The fourth-order valence-corrected chi connectivity index (χ4v) is 3.25. The second-order valence-corrected chi connectivity index (χ2v) is 7.84. The quantitative estimate of drug-likeness (QED) is 0.516. The number of halogens is 2. The smallest absolute Gasteiger partial charge is 0.350 e. The number of hydrogen-bond donors (Lipinski definition) is 4. The number of alkyl halides is 2. The minimum atomic E-state index is -4.42. The third-order valence-electron chi connectivity index (χ3n) is 4.42. The van der Waals surface area contributed by atoms with Gasteiger partial charge in [0.15, 0.2) is 11.2 Å². The molecule has 1 aliphatic rings. The average molecular weight is 379 g/mol. The summed E-state index contributed by atoms with van der Waals surface area (Å²) in [6.07, 6.45) is 0.302. The molecule has 0 saturated heterocycles. The molecule has 3 rings (SSSR count). The molecule has 0 unspecified atom stereocenters. The van der Waals surface area contributed by atoms with Gasteiger partial charge in [-0.05, 0) is 0 Å². The zero-order valence-electron chi connectivity index (χ0n) is 13.0. The second-order valence-electron chi connectivity index (χ2n) is 6.25. The lowest BCUT2D eigenvalue weighted by Crippen LogP contribution is -2.17. The molecule has 5 N–H and O–H groups in total. The first-order valence-corrected chi connectivity index (χ1v) is 8.96. The van der Waals surface area contributed by atoms with Crippen molar-refractivity contribution in [3.8, 4) is 0 Å². The van der Waals surface area contributed by atoms with E-state index in [0.29, 0.717) is 0 Å². The number of fused-ring (bicyclic) bond motifs is 1. The lowest BCUT2D eigenvalue weighted by atomic mass is 10.1. The molecule has 13 heteroatoms. The fourth-order valence-electron chi connectivity index (χ4n) is 2.91. The van der Waals surface area contributed by atoms with E-state index in [4.69, 9.17) is 20.3 Å². The van der Waals surface area contributed by atoms with Crippen molar-refractivity contribution in [2.45, 2.75) is 19.4 Å². The van der Waals surface area contributed by atoms with Gasteiger partial charge in [-0.15, -0.1) is 0 Å². The molecule has 0 aromatic carbocycles. The number of nitrogens with two attached hydrogens (primary N) is 1. The van der Waals surface area contributed by atoms with Crippen LogP contribution in [0, 0.1) is 11.3 Å². The first-order chi connectivity index (χ1) is 11.5. The number of aromatic nitrogens is 4. The highest BCUT2D eigenvalue weighted by atomic mass is 31.2. The third-order valence-corrected chi connectivity index (χ3v) is 4.94. The maximum atomic E-state index is 14.2. The van der Waals surface area contributed by atoms with Gasteiger partial charge in [0.25, 0.3) is 11.5 Å². The Morgan fingerprint density at radius 3 is 2.84 bits per heavy atom. The van der Waals surface area contributed by atoms with Crippen molar-refractivity contribution >= 4 is 24.7 Å². The van der Waals surface area contributed by atoms with E-state index in [0.717, 1.165) is 0 Å². The Hall–Kier alpha value is -1.88. The number of hydrogen-bond acceptors (Lipinski definition) is 6. The van der Waals surface area contributed by atoms with E-state index in [1.54, 1.807) is 0 Å². The lowest BCUT2D eigenvalue weighted by molar-refractivity contribution is 0.0446. The summed E-state index contributed by atoms with van der Waals surface area (Å²) in [7, 11) is -4.42. The van der Waals surface area contributed by atoms with E-state index < -0.39 is 43.4 Å². The van der Waals surface area contributed by atoms with E-state index >= 15 is 0 Å². The highest BCUT2D eigenvalue weighted by Gasteiger charge is 2.77. The molecule has 2 aromatic rings. The molecule has 2 heterocycles. The van der Waals surface area contributed by atoms with E-state index in [-0.39, 0.29) is 23.7 Å². The van der Waals surface area contributed by atoms with Gasteiger partial charge < -0.3 is 24.8 Å². The van der Waals surface area contributed by atoms with Crippen LogP contribution >= 0.6 is 7.60 Å². The predicted octanol–water partition coefficient (Wildman–Crippen LogP) is 0.125.